The van der Waals surface area contributed by atoms with Crippen LogP contribution in [0.25, 0.3) is 0 Å². The van der Waals surface area contributed by atoms with Crippen molar-refractivity contribution in [2.75, 3.05) is 11.9 Å². The minimum absolute atomic E-state index is 0.0113. The molecule has 15 heavy (non-hydrogen) atoms. The number of nitrogens with zero attached hydrogens (tertiary/aromatic N) is 2. The van der Waals surface area contributed by atoms with Gasteiger partial charge in [0.25, 0.3) is 6.43 Å². The van der Waals surface area contributed by atoms with E-state index in [1.54, 1.807) is 6.07 Å². The quantitative estimate of drug-likeness (QED) is 0.818. The molecule has 0 bridgehead atoms. The van der Waals surface area contributed by atoms with Crippen molar-refractivity contribution < 1.29 is 13.5 Å². The second kappa shape index (κ2) is 5.43. The van der Waals surface area contributed by atoms with Crippen LogP contribution in [0.3, 0.4) is 0 Å². The maximum atomic E-state index is 11.9. The molecule has 6 heteroatoms. The molecule has 0 aliphatic rings. The first kappa shape index (κ1) is 11.6. The monoisotopic (exact) mass is 217 g/mol. The highest BCUT2D eigenvalue weighted by Gasteiger charge is 2.05. The van der Waals surface area contributed by atoms with Gasteiger partial charge in [0, 0.05) is 12.3 Å². The number of nitrogens with one attached hydrogen (secondary N) is 1. The second-order valence-corrected chi connectivity index (χ2v) is 3.16. The fourth-order valence-electron chi connectivity index (χ4n) is 0.903. The summed E-state index contributed by atoms with van der Waals surface area (Å²) < 4.78 is 29.0. The van der Waals surface area contributed by atoms with Crippen molar-refractivity contribution in [3.63, 3.8) is 0 Å². The van der Waals surface area contributed by atoms with Crippen molar-refractivity contribution in [3.05, 3.63) is 12.3 Å². The maximum Gasteiger partial charge on any atom is 0.255 e. The van der Waals surface area contributed by atoms with Crippen LogP contribution in [-0.2, 0) is 0 Å². The van der Waals surface area contributed by atoms with Crippen LogP contribution in [0.4, 0.5) is 14.7 Å². The van der Waals surface area contributed by atoms with Crippen LogP contribution >= 0.6 is 0 Å². The summed E-state index contributed by atoms with van der Waals surface area (Å²) in [5.74, 6) is 0.519. The van der Waals surface area contributed by atoms with Crippen LogP contribution in [0, 0.1) is 0 Å². The molecule has 0 radical (unpaired) electrons. The Kier molecular flexibility index (Phi) is 4.20. The van der Waals surface area contributed by atoms with Crippen molar-refractivity contribution in [2.45, 2.75) is 26.4 Å². The summed E-state index contributed by atoms with van der Waals surface area (Å²) in [6.45, 7) is 3.24. The molecular formula is C9H13F2N3O. The average molecular weight is 217 g/mol. The summed E-state index contributed by atoms with van der Waals surface area (Å²) in [6.07, 6.45) is -0.982. The first-order valence-corrected chi connectivity index (χ1v) is 4.59. The molecule has 1 N–H and O–H groups in total. The highest BCUT2D eigenvalue weighted by Crippen LogP contribution is 2.10. The zero-order valence-electron chi connectivity index (χ0n) is 8.58. The van der Waals surface area contributed by atoms with Gasteiger partial charge in [-0.1, -0.05) is 0 Å². The first-order chi connectivity index (χ1) is 7.08. The molecule has 0 saturated carbocycles. The van der Waals surface area contributed by atoms with E-state index in [1.807, 2.05) is 13.8 Å². The maximum absolute atomic E-state index is 11.9. The third-order valence-electron chi connectivity index (χ3n) is 1.40. The highest BCUT2D eigenvalue weighted by molar-refractivity contribution is 5.27. The van der Waals surface area contributed by atoms with E-state index in [9.17, 15) is 8.78 Å². The van der Waals surface area contributed by atoms with Gasteiger partial charge in [0.1, 0.15) is 0 Å². The Bertz CT molecular complexity index is 307. The van der Waals surface area contributed by atoms with Crippen LogP contribution in [0.2, 0.25) is 0 Å². The van der Waals surface area contributed by atoms with Gasteiger partial charge in [0.15, 0.2) is 0 Å². The van der Waals surface area contributed by atoms with Gasteiger partial charge >= 0.3 is 0 Å². The summed E-state index contributed by atoms with van der Waals surface area (Å²) in [5.41, 5.74) is 0. The minimum atomic E-state index is -2.43. The van der Waals surface area contributed by atoms with Gasteiger partial charge < -0.3 is 10.1 Å². The van der Waals surface area contributed by atoms with E-state index < -0.39 is 13.0 Å². The van der Waals surface area contributed by atoms with Crippen molar-refractivity contribution >= 4 is 5.95 Å². The Morgan fingerprint density at radius 3 is 2.80 bits per heavy atom. The number of hydrogen-bond donors (Lipinski definition) is 1. The van der Waals surface area contributed by atoms with E-state index >= 15 is 0 Å². The van der Waals surface area contributed by atoms with Gasteiger partial charge in [0.2, 0.25) is 11.8 Å². The van der Waals surface area contributed by atoms with Crippen molar-refractivity contribution in [3.8, 4) is 5.88 Å². The molecule has 1 aromatic heterocycles. The van der Waals surface area contributed by atoms with E-state index in [0.29, 0.717) is 5.88 Å². The molecule has 0 aliphatic heterocycles. The number of alkyl halides is 2. The van der Waals surface area contributed by atoms with Crippen molar-refractivity contribution in [1.29, 1.82) is 0 Å². The molecule has 0 unspecified atom stereocenters. The van der Waals surface area contributed by atoms with E-state index in [0.717, 1.165) is 0 Å². The third kappa shape index (κ3) is 4.53. The molecule has 0 fully saturated rings. The first-order valence-electron chi connectivity index (χ1n) is 4.59. The molecule has 0 atom stereocenters. The van der Waals surface area contributed by atoms with Gasteiger partial charge in [-0.3, -0.25) is 0 Å². The lowest BCUT2D eigenvalue weighted by Crippen LogP contribution is -2.13. The second-order valence-electron chi connectivity index (χ2n) is 3.16. The fourth-order valence-corrected chi connectivity index (χ4v) is 0.903. The highest BCUT2D eigenvalue weighted by atomic mass is 19.3. The van der Waals surface area contributed by atoms with Crippen LogP contribution < -0.4 is 10.1 Å². The molecule has 1 rings (SSSR count). The molecule has 0 spiro atoms. The predicted molar refractivity (Wildman–Crippen MR) is 52.3 cm³/mol. The fraction of sp³-hybridized carbons (Fsp3) is 0.556. The van der Waals surface area contributed by atoms with Gasteiger partial charge in [-0.05, 0) is 13.8 Å². The lowest BCUT2D eigenvalue weighted by molar-refractivity contribution is 0.163. The molecule has 1 heterocycles. The molecule has 0 aliphatic carbocycles. The molecule has 0 aromatic carbocycles. The molecular weight excluding hydrogens is 204 g/mol. The molecule has 1 aromatic rings. The van der Waals surface area contributed by atoms with E-state index in [2.05, 4.69) is 15.3 Å². The normalized spacial score (nSPS) is 10.8. The number of aromatic nitrogens is 2. The summed E-state index contributed by atoms with van der Waals surface area (Å²) in [5, 5.41) is 2.41. The largest absolute Gasteiger partial charge is 0.475 e. The molecule has 0 amide bonds. The SMILES string of the molecule is CC(C)Oc1ccnc(NCC(F)F)n1. The topological polar surface area (TPSA) is 47.0 Å². The number of hydrogen-bond acceptors (Lipinski definition) is 4. The van der Waals surface area contributed by atoms with E-state index in [-0.39, 0.29) is 12.1 Å². The third-order valence-corrected chi connectivity index (χ3v) is 1.40. The lowest BCUT2D eigenvalue weighted by Gasteiger charge is -2.09. The van der Waals surface area contributed by atoms with E-state index in [1.165, 1.54) is 6.20 Å². The Morgan fingerprint density at radius 2 is 2.20 bits per heavy atom. The van der Waals surface area contributed by atoms with Crippen molar-refractivity contribution in [2.24, 2.45) is 0 Å². The molecule has 84 valence electrons. The lowest BCUT2D eigenvalue weighted by atomic mass is 10.5. The van der Waals surface area contributed by atoms with Crippen LogP contribution in [0.1, 0.15) is 13.8 Å². The van der Waals surface area contributed by atoms with Crippen molar-refractivity contribution in [1.82, 2.24) is 9.97 Å². The summed E-state index contributed by atoms with van der Waals surface area (Å²) in [4.78, 5) is 7.69. The summed E-state index contributed by atoms with van der Waals surface area (Å²) in [7, 11) is 0. The molecule has 0 saturated heterocycles. The van der Waals surface area contributed by atoms with Crippen LogP contribution in [-0.4, -0.2) is 29.0 Å². The Morgan fingerprint density at radius 1 is 1.47 bits per heavy atom. The number of rotatable bonds is 5. The van der Waals surface area contributed by atoms with E-state index in [4.69, 9.17) is 4.74 Å². The standard InChI is InChI=1S/C9H13F2N3O/c1-6(2)15-8-3-4-12-9(14-8)13-5-7(10)11/h3-4,6-7H,5H2,1-2H3,(H,12,13,14). The Hall–Kier alpha value is -1.46. The zero-order chi connectivity index (χ0) is 11.3. The number of anilines is 1. The van der Waals surface area contributed by atoms with Gasteiger partial charge in [-0.2, -0.15) is 4.98 Å². The van der Waals surface area contributed by atoms with Gasteiger partial charge in [-0.25, -0.2) is 13.8 Å². The average Bonchev–Trinajstić information content (AvgIpc) is 2.14. The predicted octanol–water partition coefficient (Wildman–Crippen LogP) is 1.94. The summed E-state index contributed by atoms with van der Waals surface area (Å²) in [6, 6.07) is 1.58. The van der Waals surface area contributed by atoms with Gasteiger partial charge in [0.05, 0.1) is 12.6 Å². The van der Waals surface area contributed by atoms with Crippen LogP contribution in [0.5, 0.6) is 5.88 Å². The Labute approximate surface area is 86.7 Å². The number of halogens is 2. The van der Waals surface area contributed by atoms with Crippen LogP contribution in [0.15, 0.2) is 12.3 Å². The zero-order valence-corrected chi connectivity index (χ0v) is 8.58. The smallest absolute Gasteiger partial charge is 0.255 e. The molecule has 4 nitrogen and oxygen atoms in total. The minimum Gasteiger partial charge on any atom is -0.475 e. The van der Waals surface area contributed by atoms with Gasteiger partial charge in [-0.15, -0.1) is 0 Å². The summed E-state index contributed by atoms with van der Waals surface area (Å²) >= 11 is 0. The number of ether oxygens (including phenoxy) is 1. The Balaban J connectivity index is 2.57.